The van der Waals surface area contributed by atoms with Gasteiger partial charge in [-0.2, -0.15) is 0 Å². The molecule has 0 unspecified atom stereocenters. The Morgan fingerprint density at radius 3 is 1.80 bits per heavy atom. The van der Waals surface area contributed by atoms with Crippen LogP contribution in [-0.4, -0.2) is 19.6 Å². The number of aryl methyl sites for hydroxylation is 1. The first-order valence-corrected chi connectivity index (χ1v) is 22.5. The quantitative estimate of drug-likeness (QED) is 0.174. The molecule has 0 fully saturated rings. The van der Waals surface area contributed by atoms with Crippen LogP contribution in [-0.2, 0) is 16.2 Å². The van der Waals surface area contributed by atoms with Gasteiger partial charge in [0.1, 0.15) is 11.6 Å². The van der Waals surface area contributed by atoms with Gasteiger partial charge in [0.25, 0.3) is 0 Å². The third-order valence-electron chi connectivity index (χ3n) is 12.5. The minimum absolute atomic E-state index is 0.218. The predicted octanol–water partition coefficient (Wildman–Crippen LogP) is 16.3. The number of phenolic OH excluding ortho intramolecular Hbond substituents is 1. The highest BCUT2D eigenvalue weighted by Gasteiger charge is 2.30. The summed E-state index contributed by atoms with van der Waals surface area (Å²) in [5, 5.41) is 12.6. The number of hydrogen-bond acceptors (Lipinski definition) is 3. The van der Waals surface area contributed by atoms with Crippen molar-refractivity contribution in [2.75, 3.05) is 0 Å². The van der Waals surface area contributed by atoms with Gasteiger partial charge in [0.05, 0.1) is 28.0 Å². The van der Waals surface area contributed by atoms with E-state index in [-0.39, 0.29) is 22.0 Å². The van der Waals surface area contributed by atoms with Crippen LogP contribution in [0.2, 0.25) is 0 Å². The molecule has 0 saturated heterocycles. The Kier molecular flexibility index (Phi) is 10.0. The lowest BCUT2D eigenvalue weighted by molar-refractivity contribution is 0.446. The van der Waals surface area contributed by atoms with E-state index in [2.05, 4.69) is 182 Å². The summed E-state index contributed by atoms with van der Waals surface area (Å²) in [5.74, 6) is 0.866. The molecule has 7 aromatic carbocycles. The van der Waals surface area contributed by atoms with Gasteiger partial charge in [-0.3, -0.25) is 9.55 Å². The van der Waals surface area contributed by atoms with Crippen LogP contribution in [0.15, 0.2) is 170 Å². The third kappa shape index (κ3) is 8.54. The average molecular weight is 853 g/mol. The molecule has 0 spiro atoms. The molecule has 4 nitrogen and oxygen atoms in total. The molecule has 4 heteroatoms. The van der Waals surface area contributed by atoms with E-state index in [1.807, 2.05) is 30.3 Å². The first kappa shape index (κ1) is 39.5. The fourth-order valence-corrected chi connectivity index (χ4v) is 8.79. The minimum atomic E-state index is -2.21. The Hall–Kier alpha value is -7.04. The zero-order chi connectivity index (χ0) is 48.3. The summed E-state index contributed by atoms with van der Waals surface area (Å²) in [6.07, 6.45) is 1.79. The molecule has 1 N–H and O–H groups in total. The molecule has 2 aromatic heterocycles. The number of phenols is 1. The normalized spacial score (nSPS) is 13.1. The summed E-state index contributed by atoms with van der Waals surface area (Å²) in [4.78, 5) is 10.6. The van der Waals surface area contributed by atoms with Crippen molar-refractivity contribution in [1.29, 1.82) is 0 Å². The van der Waals surface area contributed by atoms with Crippen LogP contribution in [0.3, 0.4) is 0 Å². The Balaban J connectivity index is 1.34. The number of pyridine rings is 1. The molecular weight excluding hydrogens is 791 g/mol. The van der Waals surface area contributed by atoms with Gasteiger partial charge in [-0.25, -0.2) is 4.98 Å². The SMILES string of the molecule is [2H]C([2H])([2H])c1cccc(-c2ccnc(-c3cc(-c4cccc5c4nc(-c4cc(C(C)(C)C)cc(C(C)(C)C)c4O)n5-c4ccc(-c5ccccc5)cc4-c4ccccc4)cc(C(C)(C)C)c3)c2)c1. The summed E-state index contributed by atoms with van der Waals surface area (Å²) in [7, 11) is 0. The highest BCUT2D eigenvalue weighted by molar-refractivity contribution is 5.98. The molecule has 0 bridgehead atoms. The third-order valence-corrected chi connectivity index (χ3v) is 12.5. The lowest BCUT2D eigenvalue weighted by Crippen LogP contribution is -2.17. The second-order valence-corrected chi connectivity index (χ2v) is 20.4. The number of fused-ring (bicyclic) bond motifs is 1. The van der Waals surface area contributed by atoms with Gasteiger partial charge in [-0.05, 0) is 116 Å². The van der Waals surface area contributed by atoms with Crippen molar-refractivity contribution in [3.63, 3.8) is 0 Å². The van der Waals surface area contributed by atoms with Gasteiger partial charge in [0, 0.05) is 32.6 Å². The van der Waals surface area contributed by atoms with Crippen LogP contribution < -0.4 is 0 Å². The number of benzene rings is 7. The zero-order valence-corrected chi connectivity index (χ0v) is 39.0. The van der Waals surface area contributed by atoms with E-state index in [9.17, 15) is 5.11 Å². The molecule has 65 heavy (non-hydrogen) atoms. The molecule has 324 valence electrons. The highest BCUT2D eigenvalue weighted by atomic mass is 16.3. The fourth-order valence-electron chi connectivity index (χ4n) is 8.79. The molecule has 0 amide bonds. The van der Waals surface area contributed by atoms with E-state index < -0.39 is 6.85 Å². The molecule has 9 aromatic rings. The minimum Gasteiger partial charge on any atom is -0.507 e. The monoisotopic (exact) mass is 852 g/mol. The Morgan fingerprint density at radius 2 is 1.11 bits per heavy atom. The topological polar surface area (TPSA) is 50.9 Å². The average Bonchev–Trinajstić information content (AvgIpc) is 3.70. The molecule has 0 aliphatic carbocycles. The number of rotatable bonds is 7. The second kappa shape index (κ2) is 16.5. The standard InChI is InChI=1S/C61H59N3O/c1-39-19-17-24-42(31-39)44-29-30-62-53(36-44)46-32-45(33-47(34-46)59(2,3)4)49-25-18-26-55-56(49)63-58(51-37-48(60(5,6)7)38-52(57(51)65)61(8,9)10)64(55)54-28-27-43(40-20-13-11-14-21-40)35-50(54)41-22-15-12-16-23-41/h11-38,65H,1-10H3/i1D3. The first-order chi connectivity index (χ1) is 32.1. The molecule has 0 aliphatic heterocycles. The second-order valence-electron chi connectivity index (χ2n) is 20.4. The van der Waals surface area contributed by atoms with E-state index in [4.69, 9.17) is 14.1 Å². The van der Waals surface area contributed by atoms with Gasteiger partial charge in [0.15, 0.2) is 0 Å². The summed E-state index contributed by atoms with van der Waals surface area (Å²) in [6.45, 7) is 17.5. The first-order valence-electron chi connectivity index (χ1n) is 24.0. The maximum atomic E-state index is 12.6. The van der Waals surface area contributed by atoms with Crippen molar-refractivity contribution < 1.29 is 9.22 Å². The molecule has 2 heterocycles. The Morgan fingerprint density at radius 1 is 0.477 bits per heavy atom. The number of imidazole rings is 1. The summed E-state index contributed by atoms with van der Waals surface area (Å²) in [6, 6.07) is 56.1. The van der Waals surface area contributed by atoms with Crippen molar-refractivity contribution in [2.24, 2.45) is 0 Å². The predicted molar refractivity (Wildman–Crippen MR) is 274 cm³/mol. The lowest BCUT2D eigenvalue weighted by Gasteiger charge is -2.27. The van der Waals surface area contributed by atoms with Crippen LogP contribution in [0.5, 0.6) is 5.75 Å². The maximum absolute atomic E-state index is 12.6. The van der Waals surface area contributed by atoms with Crippen molar-refractivity contribution in [1.82, 2.24) is 14.5 Å². The fraction of sp³-hybridized carbons (Fsp3) is 0.213. The van der Waals surface area contributed by atoms with E-state index in [0.717, 1.165) is 89.2 Å². The van der Waals surface area contributed by atoms with Gasteiger partial charge in [-0.15, -0.1) is 0 Å². The molecule has 0 saturated carbocycles. The van der Waals surface area contributed by atoms with Gasteiger partial charge < -0.3 is 5.11 Å². The molecule has 0 radical (unpaired) electrons. The Labute approximate surface area is 389 Å². The number of aromatic hydroxyl groups is 1. The van der Waals surface area contributed by atoms with Gasteiger partial charge in [0.2, 0.25) is 0 Å². The zero-order valence-electron chi connectivity index (χ0n) is 42.0. The summed E-state index contributed by atoms with van der Waals surface area (Å²) >= 11 is 0. The molecular formula is C61H59N3O. The van der Waals surface area contributed by atoms with E-state index >= 15 is 0 Å². The highest BCUT2D eigenvalue weighted by Crippen LogP contribution is 2.46. The molecule has 0 atom stereocenters. The lowest BCUT2D eigenvalue weighted by atomic mass is 9.79. The smallest absolute Gasteiger partial charge is 0.149 e. The summed E-state index contributed by atoms with van der Waals surface area (Å²) in [5.41, 5.74) is 15.6. The van der Waals surface area contributed by atoms with Crippen LogP contribution in [0.1, 0.15) is 88.7 Å². The van der Waals surface area contributed by atoms with E-state index in [1.165, 1.54) is 0 Å². The Bertz CT molecular complexity index is 3330. The van der Waals surface area contributed by atoms with Crippen LogP contribution in [0.4, 0.5) is 0 Å². The van der Waals surface area contributed by atoms with Gasteiger partial charge >= 0.3 is 0 Å². The number of para-hydroxylation sites is 1. The molecule has 0 aliphatic rings. The largest absolute Gasteiger partial charge is 0.507 e. The number of hydrogen-bond donors (Lipinski definition) is 1. The van der Waals surface area contributed by atoms with Crippen LogP contribution in [0.25, 0.3) is 83.9 Å². The summed E-state index contributed by atoms with van der Waals surface area (Å²) < 4.78 is 26.4. The van der Waals surface area contributed by atoms with Crippen LogP contribution >= 0.6 is 0 Å². The van der Waals surface area contributed by atoms with Gasteiger partial charge in [-0.1, -0.05) is 183 Å². The number of nitrogens with zero attached hydrogens (tertiary/aromatic N) is 3. The van der Waals surface area contributed by atoms with E-state index in [1.54, 1.807) is 24.4 Å². The number of aromatic nitrogens is 3. The van der Waals surface area contributed by atoms with Crippen molar-refractivity contribution in [3.8, 4) is 78.6 Å². The van der Waals surface area contributed by atoms with Crippen molar-refractivity contribution in [2.45, 2.75) is 85.4 Å². The van der Waals surface area contributed by atoms with Crippen molar-refractivity contribution >= 4 is 11.0 Å². The van der Waals surface area contributed by atoms with E-state index in [0.29, 0.717) is 17.0 Å². The van der Waals surface area contributed by atoms with Crippen LogP contribution in [0, 0.1) is 6.85 Å². The van der Waals surface area contributed by atoms with Crippen molar-refractivity contribution in [3.05, 3.63) is 192 Å². The molecule has 9 rings (SSSR count). The maximum Gasteiger partial charge on any atom is 0.149 e.